The Labute approximate surface area is 238 Å². The van der Waals surface area contributed by atoms with Crippen LogP contribution in [0.5, 0.6) is 11.5 Å². The van der Waals surface area contributed by atoms with E-state index < -0.39 is 37.1 Å². The number of alkyl halides is 3. The molecule has 0 aliphatic carbocycles. The summed E-state index contributed by atoms with van der Waals surface area (Å²) in [5.41, 5.74) is 9.59. The fraction of sp³-hybridized carbons (Fsp3) is 0.552. The number of hydrazine groups is 1. The minimum absolute atomic E-state index is 0.00786. The number of piperidine rings is 1. The first-order chi connectivity index (χ1) is 19.4. The number of anilines is 1. The van der Waals surface area contributed by atoms with E-state index in [1.165, 1.54) is 0 Å². The van der Waals surface area contributed by atoms with Gasteiger partial charge < -0.3 is 25.2 Å². The molecule has 0 bridgehead atoms. The molecule has 0 radical (unpaired) electrons. The van der Waals surface area contributed by atoms with E-state index in [0.29, 0.717) is 43.8 Å². The summed E-state index contributed by atoms with van der Waals surface area (Å²) in [5, 5.41) is 22.8. The molecule has 2 fully saturated rings. The lowest BCUT2D eigenvalue weighted by Gasteiger charge is -2.35. The molecule has 0 spiro atoms. The number of nitrogens with one attached hydrogen (secondary N) is 3. The second-order valence-electron chi connectivity index (χ2n) is 11.2. The number of carbonyl (C=O) groups is 1. The van der Waals surface area contributed by atoms with Gasteiger partial charge in [-0.25, -0.2) is 10.9 Å². The number of halogens is 3. The third-order valence-electron chi connectivity index (χ3n) is 7.92. The number of carboxylic acids is 1. The Bertz CT molecular complexity index is 1190. The van der Waals surface area contributed by atoms with Gasteiger partial charge in [-0.2, -0.15) is 13.2 Å². The van der Waals surface area contributed by atoms with Gasteiger partial charge in [-0.05, 0) is 68.1 Å². The molecule has 2 heterocycles. The van der Waals surface area contributed by atoms with E-state index in [1.54, 1.807) is 20.1 Å². The van der Waals surface area contributed by atoms with E-state index in [2.05, 4.69) is 21.1 Å². The number of aliphatic carboxylic acids is 1. The lowest BCUT2D eigenvalue weighted by Crippen LogP contribution is -2.53. The fourth-order valence-electron chi connectivity index (χ4n) is 5.58. The molecule has 0 amide bonds. The van der Waals surface area contributed by atoms with Crippen LogP contribution in [-0.4, -0.2) is 66.2 Å². The van der Waals surface area contributed by atoms with Gasteiger partial charge in [0.1, 0.15) is 23.8 Å². The van der Waals surface area contributed by atoms with Gasteiger partial charge in [0.2, 0.25) is 0 Å². The second kappa shape index (κ2) is 12.8. The first kappa shape index (κ1) is 30.9. The van der Waals surface area contributed by atoms with Crippen molar-refractivity contribution in [2.45, 2.75) is 70.6 Å². The van der Waals surface area contributed by atoms with Gasteiger partial charge in [0.15, 0.2) is 0 Å². The monoisotopic (exact) mass is 579 g/mol. The first-order valence-corrected chi connectivity index (χ1v) is 13.9. The Morgan fingerprint density at radius 1 is 1.12 bits per heavy atom. The molecule has 2 saturated heterocycles. The Hall–Kier alpha value is -3.06. The van der Waals surface area contributed by atoms with Crippen molar-refractivity contribution in [3.05, 3.63) is 53.1 Å². The van der Waals surface area contributed by atoms with Crippen LogP contribution in [-0.2, 0) is 11.3 Å². The van der Waals surface area contributed by atoms with Gasteiger partial charge in [0, 0.05) is 29.9 Å². The lowest BCUT2D eigenvalue weighted by molar-refractivity contribution is -0.143. The lowest BCUT2D eigenvalue weighted by atomic mass is 9.96. The van der Waals surface area contributed by atoms with Crippen molar-refractivity contribution in [1.29, 1.82) is 0 Å². The Morgan fingerprint density at radius 2 is 1.78 bits per heavy atom. The van der Waals surface area contributed by atoms with Crippen LogP contribution in [0.2, 0.25) is 0 Å². The number of carboxylic acid groups (broad SMARTS) is 1. The summed E-state index contributed by atoms with van der Waals surface area (Å²) >= 11 is 0. The number of phenols is 1. The Balaban J connectivity index is 1.60. The van der Waals surface area contributed by atoms with Crippen LogP contribution in [0.25, 0.3) is 0 Å². The smallest absolute Gasteiger partial charge is 0.401 e. The average molecular weight is 580 g/mol. The summed E-state index contributed by atoms with van der Waals surface area (Å²) in [7, 11) is 1.54. The zero-order valence-corrected chi connectivity index (χ0v) is 23.8. The fourth-order valence-corrected chi connectivity index (χ4v) is 5.58. The Kier molecular flexibility index (Phi) is 9.68. The molecule has 3 atom stereocenters. The molecule has 2 aliphatic rings. The molecule has 0 saturated carbocycles. The molecule has 4 rings (SSSR count). The van der Waals surface area contributed by atoms with Crippen LogP contribution in [0.4, 0.5) is 18.9 Å². The Morgan fingerprint density at radius 3 is 2.34 bits per heavy atom. The number of rotatable bonds is 10. The largest absolute Gasteiger partial charge is 0.507 e. The highest BCUT2D eigenvalue weighted by Crippen LogP contribution is 2.40. The SMILES string of the molecule is COc1cc(O)c(C2NNC(C(C)NCC(F)(F)F)N2c2ccc(CN3CCC(C(=O)O)CC3)cc2)cc1C(C)C. The number of hydrogen-bond donors (Lipinski definition) is 5. The molecule has 2 aromatic rings. The van der Waals surface area contributed by atoms with Crippen molar-refractivity contribution in [2.75, 3.05) is 31.6 Å². The minimum Gasteiger partial charge on any atom is -0.507 e. The van der Waals surface area contributed by atoms with Crippen molar-refractivity contribution in [1.82, 2.24) is 21.1 Å². The molecule has 9 nitrogen and oxygen atoms in total. The van der Waals surface area contributed by atoms with E-state index >= 15 is 0 Å². The van der Waals surface area contributed by atoms with Crippen LogP contribution in [0.15, 0.2) is 36.4 Å². The van der Waals surface area contributed by atoms with Crippen molar-refractivity contribution < 1.29 is 32.9 Å². The molecule has 0 aromatic heterocycles. The van der Waals surface area contributed by atoms with Crippen LogP contribution in [0.3, 0.4) is 0 Å². The zero-order chi connectivity index (χ0) is 29.9. The van der Waals surface area contributed by atoms with Crippen molar-refractivity contribution in [2.24, 2.45) is 5.92 Å². The standard InChI is InChI=1S/C29H40F3N5O4/c1-17(2)22-13-23(24(38)14-25(22)41-4)27-35-34-26(18(3)33-16-29(30,31)32)37(27)21-7-5-19(6-8-21)15-36-11-9-20(10-12-36)28(39)40/h5-8,13-14,17-18,20,26-27,33-35,38H,9-12,15-16H2,1-4H3,(H,39,40). The summed E-state index contributed by atoms with van der Waals surface area (Å²) in [6, 6.07) is 10.6. The van der Waals surface area contributed by atoms with E-state index in [9.17, 15) is 28.2 Å². The third kappa shape index (κ3) is 7.42. The predicted molar refractivity (Wildman–Crippen MR) is 150 cm³/mol. The number of phenolic OH excluding ortho intramolecular Hbond substituents is 1. The maximum atomic E-state index is 13.0. The van der Waals surface area contributed by atoms with Gasteiger partial charge >= 0.3 is 12.1 Å². The maximum Gasteiger partial charge on any atom is 0.401 e. The van der Waals surface area contributed by atoms with Crippen molar-refractivity contribution in [3.63, 3.8) is 0 Å². The topological polar surface area (TPSA) is 109 Å². The first-order valence-electron chi connectivity index (χ1n) is 13.9. The summed E-state index contributed by atoms with van der Waals surface area (Å²) in [4.78, 5) is 15.4. The van der Waals surface area contributed by atoms with E-state index in [4.69, 9.17) is 4.74 Å². The van der Waals surface area contributed by atoms with Gasteiger partial charge in [-0.1, -0.05) is 26.0 Å². The molecular formula is C29H40F3N5O4. The number of methoxy groups -OCH3 is 1. The third-order valence-corrected chi connectivity index (χ3v) is 7.92. The predicted octanol–water partition coefficient (Wildman–Crippen LogP) is 4.30. The van der Waals surface area contributed by atoms with Gasteiger partial charge in [0.25, 0.3) is 0 Å². The van der Waals surface area contributed by atoms with Crippen LogP contribution in [0.1, 0.15) is 62.4 Å². The van der Waals surface area contributed by atoms with Crippen molar-refractivity contribution in [3.8, 4) is 11.5 Å². The number of hydrogen-bond acceptors (Lipinski definition) is 8. The van der Waals surface area contributed by atoms with Gasteiger partial charge in [0.05, 0.1) is 19.6 Å². The molecule has 226 valence electrons. The van der Waals surface area contributed by atoms with Crippen LogP contribution < -0.4 is 25.8 Å². The second-order valence-corrected chi connectivity index (χ2v) is 11.2. The number of benzene rings is 2. The number of aromatic hydroxyl groups is 1. The molecular weight excluding hydrogens is 539 g/mol. The summed E-state index contributed by atoms with van der Waals surface area (Å²) in [5.74, 6) is -0.361. The van der Waals surface area contributed by atoms with Gasteiger partial charge in [-0.15, -0.1) is 0 Å². The highest BCUT2D eigenvalue weighted by molar-refractivity contribution is 5.70. The average Bonchev–Trinajstić information content (AvgIpc) is 3.36. The van der Waals surface area contributed by atoms with Crippen molar-refractivity contribution >= 4 is 11.7 Å². The van der Waals surface area contributed by atoms with E-state index in [0.717, 1.165) is 16.8 Å². The summed E-state index contributed by atoms with van der Waals surface area (Å²) < 4.78 is 44.5. The normalized spacial score (nSPS) is 21.4. The zero-order valence-electron chi connectivity index (χ0n) is 23.8. The van der Waals surface area contributed by atoms with E-state index in [-0.39, 0.29) is 17.6 Å². The molecule has 12 heteroatoms. The molecule has 5 N–H and O–H groups in total. The molecule has 2 aliphatic heterocycles. The highest BCUT2D eigenvalue weighted by Gasteiger charge is 2.40. The summed E-state index contributed by atoms with van der Waals surface area (Å²) in [6.45, 7) is 6.69. The number of nitrogens with zero attached hydrogens (tertiary/aromatic N) is 2. The number of ether oxygens (including phenoxy) is 1. The maximum absolute atomic E-state index is 13.0. The van der Waals surface area contributed by atoms with Crippen LogP contribution >= 0.6 is 0 Å². The van der Waals surface area contributed by atoms with Crippen LogP contribution in [0, 0.1) is 5.92 Å². The minimum atomic E-state index is -4.36. The van der Waals surface area contributed by atoms with E-state index in [1.807, 2.05) is 49.1 Å². The quantitative estimate of drug-likeness (QED) is 0.282. The highest BCUT2D eigenvalue weighted by atomic mass is 19.4. The molecule has 41 heavy (non-hydrogen) atoms. The molecule has 3 unspecified atom stereocenters. The number of likely N-dealkylation sites (tertiary alicyclic amines) is 1. The van der Waals surface area contributed by atoms with Gasteiger partial charge in [-0.3, -0.25) is 9.69 Å². The molecule has 2 aromatic carbocycles. The summed E-state index contributed by atoms with van der Waals surface area (Å²) in [6.07, 6.45) is -4.28.